The molecule has 0 radical (unpaired) electrons. The number of thiazole rings is 1. The maximum absolute atomic E-state index is 11.4. The molecule has 3 aromatic rings. The van der Waals surface area contributed by atoms with Gasteiger partial charge < -0.3 is 15.8 Å². The third kappa shape index (κ3) is 2.62. The molecule has 1 aromatic carbocycles. The lowest BCUT2D eigenvalue weighted by Crippen LogP contribution is -2.25. The van der Waals surface area contributed by atoms with Crippen LogP contribution in [0.5, 0.6) is 5.75 Å². The summed E-state index contributed by atoms with van der Waals surface area (Å²) < 4.78 is 5.36. The van der Waals surface area contributed by atoms with Crippen LogP contribution in [0.25, 0.3) is 22.0 Å². The maximum atomic E-state index is 11.4. The van der Waals surface area contributed by atoms with Gasteiger partial charge in [-0.25, -0.2) is 9.97 Å². The molecular weight excluding hydrogens is 312 g/mol. The average molecular weight is 324 g/mol. The zero-order valence-corrected chi connectivity index (χ0v) is 12.8. The van der Waals surface area contributed by atoms with E-state index in [4.69, 9.17) is 10.5 Å². The molecule has 0 aliphatic carbocycles. The van der Waals surface area contributed by atoms with Gasteiger partial charge in [-0.15, -0.1) is 11.3 Å². The van der Waals surface area contributed by atoms with Gasteiger partial charge in [-0.3, -0.25) is 4.79 Å². The topological polar surface area (TPSA) is 90.1 Å². The number of nitrogens with zero attached hydrogens (tertiary/aromatic N) is 2. The van der Waals surface area contributed by atoms with Crippen molar-refractivity contribution in [1.29, 1.82) is 0 Å². The number of ether oxygens (including phenoxy) is 1. The number of nitrogen functional groups attached to an aromatic ring is 1. The number of fused-ring (bicyclic) bond motifs is 1. The predicted molar refractivity (Wildman–Crippen MR) is 89.3 cm³/mol. The van der Waals surface area contributed by atoms with Gasteiger partial charge in [0.1, 0.15) is 22.3 Å². The number of nitrogens with two attached hydrogens (primary N) is 1. The molecule has 0 atom stereocenters. The second kappa shape index (κ2) is 5.36. The summed E-state index contributed by atoms with van der Waals surface area (Å²) in [5.41, 5.74) is 8.84. The number of amides is 1. The van der Waals surface area contributed by atoms with E-state index in [-0.39, 0.29) is 12.5 Å². The third-order valence-corrected chi connectivity index (χ3v) is 4.27. The lowest BCUT2D eigenvalue weighted by atomic mass is 10.1. The van der Waals surface area contributed by atoms with E-state index in [0.717, 1.165) is 22.0 Å². The molecule has 23 heavy (non-hydrogen) atoms. The van der Waals surface area contributed by atoms with Gasteiger partial charge in [0.25, 0.3) is 5.91 Å². The minimum Gasteiger partial charge on any atom is -0.482 e. The summed E-state index contributed by atoms with van der Waals surface area (Å²) in [4.78, 5) is 20.3. The Labute approximate surface area is 136 Å². The van der Waals surface area contributed by atoms with Crippen LogP contribution >= 0.6 is 11.3 Å². The van der Waals surface area contributed by atoms with E-state index in [1.165, 1.54) is 11.3 Å². The van der Waals surface area contributed by atoms with Crippen molar-refractivity contribution < 1.29 is 9.53 Å². The number of benzene rings is 1. The first-order valence-corrected chi connectivity index (χ1v) is 7.82. The number of pyridine rings is 1. The fourth-order valence-corrected chi connectivity index (χ4v) is 3.13. The van der Waals surface area contributed by atoms with Crippen molar-refractivity contribution in [3.05, 3.63) is 41.8 Å². The molecule has 3 heterocycles. The lowest BCUT2D eigenvalue weighted by Gasteiger charge is -2.18. The van der Waals surface area contributed by atoms with Crippen molar-refractivity contribution in [2.45, 2.75) is 0 Å². The molecular formula is C16H12N4O2S. The molecule has 7 heteroatoms. The highest BCUT2D eigenvalue weighted by Gasteiger charge is 2.17. The summed E-state index contributed by atoms with van der Waals surface area (Å²) in [6, 6.07) is 11.1. The summed E-state index contributed by atoms with van der Waals surface area (Å²) in [6.07, 6.45) is 0. The summed E-state index contributed by atoms with van der Waals surface area (Å²) in [6.45, 7) is 0.0499. The van der Waals surface area contributed by atoms with Gasteiger partial charge >= 0.3 is 0 Å². The monoisotopic (exact) mass is 324 g/mol. The molecule has 0 bridgehead atoms. The Bertz CT molecular complexity index is 907. The second-order valence-electron chi connectivity index (χ2n) is 5.03. The van der Waals surface area contributed by atoms with Gasteiger partial charge in [0, 0.05) is 10.9 Å². The number of carbonyl (C=O) groups excluding carboxylic acids is 1. The van der Waals surface area contributed by atoms with Gasteiger partial charge in [-0.2, -0.15) is 0 Å². The van der Waals surface area contributed by atoms with Crippen LogP contribution in [0.1, 0.15) is 0 Å². The van der Waals surface area contributed by atoms with E-state index in [0.29, 0.717) is 17.3 Å². The Morgan fingerprint density at radius 1 is 1.17 bits per heavy atom. The Kier molecular flexibility index (Phi) is 3.20. The standard InChI is InChI=1S/C16H12N4O2S/c17-14-3-1-2-10(18-14)16-20-12(8-23-16)9-4-5-13-11(6-9)19-15(21)7-22-13/h1-6,8H,7H2,(H2,17,18)(H,19,21). The normalized spacial score (nSPS) is 13.1. The first-order valence-electron chi connectivity index (χ1n) is 6.94. The zero-order valence-electron chi connectivity index (χ0n) is 11.9. The van der Waals surface area contributed by atoms with E-state index >= 15 is 0 Å². The van der Waals surface area contributed by atoms with Crippen LogP contribution in [0.2, 0.25) is 0 Å². The minimum absolute atomic E-state index is 0.0499. The maximum Gasteiger partial charge on any atom is 0.262 e. The molecule has 0 unspecified atom stereocenters. The Morgan fingerprint density at radius 2 is 2.09 bits per heavy atom. The van der Waals surface area contributed by atoms with Crippen molar-refractivity contribution in [3.63, 3.8) is 0 Å². The minimum atomic E-state index is -0.155. The molecule has 0 saturated carbocycles. The molecule has 114 valence electrons. The van der Waals surface area contributed by atoms with Gasteiger partial charge in [-0.1, -0.05) is 6.07 Å². The first-order chi connectivity index (χ1) is 11.2. The molecule has 6 nitrogen and oxygen atoms in total. The third-order valence-electron chi connectivity index (χ3n) is 3.40. The van der Waals surface area contributed by atoms with Gasteiger partial charge in [-0.05, 0) is 30.3 Å². The van der Waals surface area contributed by atoms with Crippen molar-refractivity contribution in [1.82, 2.24) is 9.97 Å². The van der Waals surface area contributed by atoms with E-state index in [1.54, 1.807) is 6.07 Å². The van der Waals surface area contributed by atoms with Crippen LogP contribution in [-0.2, 0) is 4.79 Å². The molecule has 1 amide bonds. The highest BCUT2D eigenvalue weighted by Crippen LogP contribution is 2.34. The summed E-state index contributed by atoms with van der Waals surface area (Å²) in [5, 5.41) is 5.55. The Hall–Kier alpha value is -2.93. The summed E-state index contributed by atoms with van der Waals surface area (Å²) >= 11 is 1.50. The SMILES string of the molecule is Nc1cccc(-c2nc(-c3ccc4c(c3)NC(=O)CO4)cs2)n1. The summed E-state index contributed by atoms with van der Waals surface area (Å²) in [5.74, 6) is 0.978. The predicted octanol–water partition coefficient (Wildman–Crippen LogP) is 2.79. The van der Waals surface area contributed by atoms with Crippen molar-refractivity contribution in [2.75, 3.05) is 17.7 Å². The van der Waals surface area contributed by atoms with Crippen molar-refractivity contribution in [2.24, 2.45) is 0 Å². The average Bonchev–Trinajstić information content (AvgIpc) is 3.04. The lowest BCUT2D eigenvalue weighted by molar-refractivity contribution is -0.118. The fraction of sp³-hybridized carbons (Fsp3) is 0.0625. The van der Waals surface area contributed by atoms with E-state index in [9.17, 15) is 4.79 Å². The molecule has 1 aliphatic heterocycles. The van der Waals surface area contributed by atoms with Crippen LogP contribution in [0.3, 0.4) is 0 Å². The quantitative estimate of drug-likeness (QED) is 0.756. The Morgan fingerprint density at radius 3 is 2.96 bits per heavy atom. The smallest absolute Gasteiger partial charge is 0.262 e. The van der Waals surface area contributed by atoms with Crippen LogP contribution in [0.15, 0.2) is 41.8 Å². The van der Waals surface area contributed by atoms with E-state index in [2.05, 4.69) is 15.3 Å². The highest BCUT2D eigenvalue weighted by molar-refractivity contribution is 7.13. The van der Waals surface area contributed by atoms with Gasteiger partial charge in [0.2, 0.25) is 0 Å². The van der Waals surface area contributed by atoms with Crippen LogP contribution in [-0.4, -0.2) is 22.5 Å². The molecule has 0 spiro atoms. The molecule has 1 aliphatic rings. The second-order valence-corrected chi connectivity index (χ2v) is 5.89. The number of nitrogens with one attached hydrogen (secondary N) is 1. The molecule has 3 N–H and O–H groups in total. The fourth-order valence-electron chi connectivity index (χ4n) is 2.34. The van der Waals surface area contributed by atoms with E-state index < -0.39 is 0 Å². The number of rotatable bonds is 2. The van der Waals surface area contributed by atoms with Gasteiger partial charge in [0.05, 0.1) is 11.4 Å². The number of anilines is 2. The van der Waals surface area contributed by atoms with Crippen LogP contribution in [0, 0.1) is 0 Å². The van der Waals surface area contributed by atoms with E-state index in [1.807, 2.05) is 35.7 Å². The number of hydrogen-bond acceptors (Lipinski definition) is 6. The largest absolute Gasteiger partial charge is 0.482 e. The molecule has 4 rings (SSSR count). The van der Waals surface area contributed by atoms with Crippen LogP contribution < -0.4 is 15.8 Å². The van der Waals surface area contributed by atoms with Crippen molar-refractivity contribution >= 4 is 28.7 Å². The number of hydrogen-bond donors (Lipinski definition) is 2. The zero-order chi connectivity index (χ0) is 15.8. The number of aromatic nitrogens is 2. The Balaban J connectivity index is 1.69. The van der Waals surface area contributed by atoms with Gasteiger partial charge in [0.15, 0.2) is 6.61 Å². The molecule has 2 aromatic heterocycles. The summed E-state index contributed by atoms with van der Waals surface area (Å²) in [7, 11) is 0. The molecule has 0 saturated heterocycles. The first kappa shape index (κ1) is 13.7. The van der Waals surface area contributed by atoms with Crippen molar-refractivity contribution in [3.8, 4) is 27.7 Å². The van der Waals surface area contributed by atoms with Crippen LogP contribution in [0.4, 0.5) is 11.5 Å². The highest BCUT2D eigenvalue weighted by atomic mass is 32.1. The number of carbonyl (C=O) groups is 1. The molecule has 0 fully saturated rings.